The van der Waals surface area contributed by atoms with Crippen molar-refractivity contribution in [2.45, 2.75) is 116 Å². The normalized spacial score (nSPS) is 28.5. The van der Waals surface area contributed by atoms with Crippen molar-refractivity contribution in [2.24, 2.45) is 35.5 Å². The summed E-state index contributed by atoms with van der Waals surface area (Å²) in [6.45, 7) is 2.27. The third-order valence-electron chi connectivity index (χ3n) is 11.0. The second kappa shape index (κ2) is 14.5. The molecule has 0 amide bonds. The molecule has 0 bridgehead atoms. The third-order valence-corrected chi connectivity index (χ3v) is 11.4. The highest BCUT2D eigenvalue weighted by Crippen LogP contribution is 2.48. The summed E-state index contributed by atoms with van der Waals surface area (Å²) >= 11 is 5.51. The highest BCUT2D eigenvalue weighted by molar-refractivity contribution is 6.31. The van der Waals surface area contributed by atoms with E-state index in [-0.39, 0.29) is 16.9 Å². The predicted molar refractivity (Wildman–Crippen MR) is 163 cm³/mol. The van der Waals surface area contributed by atoms with Gasteiger partial charge in [-0.05, 0) is 124 Å². The van der Waals surface area contributed by atoms with Crippen molar-refractivity contribution in [1.82, 2.24) is 0 Å². The fourth-order valence-electron chi connectivity index (χ4n) is 8.39. The van der Waals surface area contributed by atoms with E-state index < -0.39 is 34.5 Å². The quantitative estimate of drug-likeness (QED) is 0.145. The van der Waals surface area contributed by atoms with Crippen LogP contribution < -0.4 is 4.74 Å². The average molecular weight is 625 g/mol. The number of unbranched alkanes of at least 4 members (excludes halogenated alkanes) is 2. The number of hydrogen-bond acceptors (Lipinski definition) is 1. The molecule has 0 atom stereocenters. The second-order valence-corrected chi connectivity index (χ2v) is 14.0. The van der Waals surface area contributed by atoms with Crippen LogP contribution in [0.1, 0.15) is 110 Å². The molecule has 0 N–H and O–H groups in total. The van der Waals surface area contributed by atoms with Gasteiger partial charge in [-0.2, -0.15) is 8.78 Å². The van der Waals surface area contributed by atoms with Gasteiger partial charge >= 0.3 is 6.11 Å². The predicted octanol–water partition coefficient (Wildman–Crippen LogP) is 12.4. The Labute approximate surface area is 258 Å². The Morgan fingerprint density at radius 1 is 0.698 bits per heavy atom. The van der Waals surface area contributed by atoms with Crippen LogP contribution in [0.2, 0.25) is 5.02 Å². The summed E-state index contributed by atoms with van der Waals surface area (Å²) < 4.78 is 77.9. The molecule has 1 nitrogen and oxygen atoms in total. The number of ether oxygens (including phenoxy) is 1. The Kier molecular flexibility index (Phi) is 11.0. The molecule has 7 heteroatoms. The minimum absolute atomic E-state index is 0.0762. The Balaban J connectivity index is 1.07. The molecule has 0 aliphatic heterocycles. The van der Waals surface area contributed by atoms with Gasteiger partial charge in [0.2, 0.25) is 0 Å². The number of rotatable bonds is 10. The first kappa shape index (κ1) is 32.6. The van der Waals surface area contributed by atoms with E-state index in [4.69, 9.17) is 16.3 Å². The second-order valence-electron chi connectivity index (χ2n) is 13.6. The molecule has 2 aromatic rings. The van der Waals surface area contributed by atoms with Gasteiger partial charge in [-0.15, -0.1) is 0 Å². The minimum Gasteiger partial charge on any atom is -0.432 e. The molecule has 3 saturated carbocycles. The van der Waals surface area contributed by atoms with Crippen LogP contribution in [-0.2, 0) is 0 Å². The summed E-state index contributed by atoms with van der Waals surface area (Å²) in [5, 5.41) is -0.684. The largest absolute Gasteiger partial charge is 0.432 e. The lowest BCUT2D eigenvalue weighted by Crippen LogP contribution is -2.38. The molecule has 2 aromatic carbocycles. The highest BCUT2D eigenvalue weighted by atomic mass is 35.5. The molecule has 0 heterocycles. The van der Waals surface area contributed by atoms with Gasteiger partial charge in [-0.3, -0.25) is 0 Å². The summed E-state index contributed by atoms with van der Waals surface area (Å²) in [6, 6.07) is 5.06. The molecule has 0 radical (unpaired) electrons. The maximum Gasteiger partial charge on any atom is 0.400 e. The monoisotopic (exact) mass is 624 g/mol. The van der Waals surface area contributed by atoms with E-state index >= 15 is 8.78 Å². The maximum atomic E-state index is 15.2. The van der Waals surface area contributed by atoms with Crippen molar-refractivity contribution in [3.05, 3.63) is 52.8 Å². The van der Waals surface area contributed by atoms with E-state index in [0.717, 1.165) is 48.8 Å². The topological polar surface area (TPSA) is 9.23 Å². The highest BCUT2D eigenvalue weighted by Gasteiger charge is 2.45. The first-order chi connectivity index (χ1) is 20.6. The van der Waals surface area contributed by atoms with Crippen molar-refractivity contribution in [1.29, 1.82) is 0 Å². The zero-order valence-electron chi connectivity index (χ0n) is 25.3. The molecule has 3 fully saturated rings. The van der Waals surface area contributed by atoms with Crippen LogP contribution in [0.15, 0.2) is 30.3 Å². The molecule has 0 spiro atoms. The number of halogens is 6. The fraction of sp³-hybridized carbons (Fsp3) is 0.667. The van der Waals surface area contributed by atoms with Crippen LogP contribution in [0.3, 0.4) is 0 Å². The van der Waals surface area contributed by atoms with Crippen molar-refractivity contribution < 1.29 is 26.7 Å². The summed E-state index contributed by atoms with van der Waals surface area (Å²) in [7, 11) is 0. The Hall–Kier alpha value is -1.82. The molecule has 5 rings (SSSR count). The molecular formula is C36H46ClF5O. The van der Waals surface area contributed by atoms with Gasteiger partial charge in [0.15, 0.2) is 0 Å². The van der Waals surface area contributed by atoms with Gasteiger partial charge in [0.1, 0.15) is 28.2 Å². The van der Waals surface area contributed by atoms with Crippen molar-refractivity contribution in [3.8, 4) is 16.9 Å². The minimum atomic E-state index is -3.43. The number of alkyl halides is 2. The SMILES string of the molecule is CCCCCC1CCC(C2CCC(C3CCC(C(F)(F)Oc4ccc(-c5cc(F)c(Cl)c(F)c5)c(F)c4)CC3)CC2)CC1. The third kappa shape index (κ3) is 8.07. The standard InChI is InChI=1S/C36H46ClF5O/c1-2-3-4-5-23-6-8-24(9-7-23)25-10-12-26(13-11-25)27-14-16-29(17-15-27)36(41,42)43-30-18-19-31(32(38)22-30)28-20-33(39)35(37)34(40)21-28/h18-27,29H,2-17H2,1H3. The zero-order valence-corrected chi connectivity index (χ0v) is 26.1. The van der Waals surface area contributed by atoms with E-state index in [2.05, 4.69) is 6.92 Å². The van der Waals surface area contributed by atoms with Crippen molar-refractivity contribution >= 4 is 11.6 Å². The fourth-order valence-corrected chi connectivity index (χ4v) is 8.50. The lowest BCUT2D eigenvalue weighted by molar-refractivity contribution is -0.224. The molecular weight excluding hydrogens is 579 g/mol. The van der Waals surface area contributed by atoms with Crippen molar-refractivity contribution in [3.63, 3.8) is 0 Å². The van der Waals surface area contributed by atoms with Crippen LogP contribution >= 0.6 is 11.6 Å². The number of hydrogen-bond donors (Lipinski definition) is 0. The lowest BCUT2D eigenvalue weighted by atomic mass is 9.65. The van der Waals surface area contributed by atoms with Gasteiger partial charge in [-0.25, -0.2) is 13.2 Å². The Morgan fingerprint density at radius 2 is 1.21 bits per heavy atom. The maximum absolute atomic E-state index is 15.2. The van der Waals surface area contributed by atoms with E-state index in [9.17, 15) is 13.2 Å². The van der Waals surface area contributed by atoms with Crippen LogP contribution in [0.4, 0.5) is 22.0 Å². The molecule has 238 valence electrons. The van der Waals surface area contributed by atoms with Crippen LogP contribution in [0.5, 0.6) is 5.75 Å². The van der Waals surface area contributed by atoms with E-state index in [1.54, 1.807) is 0 Å². The molecule has 3 aliphatic rings. The zero-order chi connectivity index (χ0) is 30.6. The van der Waals surface area contributed by atoms with Gasteiger partial charge in [0.05, 0.1) is 5.92 Å². The molecule has 43 heavy (non-hydrogen) atoms. The summed E-state index contributed by atoms with van der Waals surface area (Å²) in [6.07, 6.45) is 15.1. The lowest BCUT2D eigenvalue weighted by Gasteiger charge is -2.42. The number of benzene rings is 2. The first-order valence-electron chi connectivity index (χ1n) is 16.7. The molecule has 0 unspecified atom stereocenters. The van der Waals surface area contributed by atoms with E-state index in [1.165, 1.54) is 89.2 Å². The van der Waals surface area contributed by atoms with Crippen LogP contribution in [0, 0.1) is 53.0 Å². The van der Waals surface area contributed by atoms with Crippen LogP contribution in [0.25, 0.3) is 11.1 Å². The smallest absolute Gasteiger partial charge is 0.400 e. The Bertz CT molecular complexity index is 1170. The van der Waals surface area contributed by atoms with Gasteiger partial charge < -0.3 is 4.74 Å². The van der Waals surface area contributed by atoms with Gasteiger partial charge in [0, 0.05) is 11.6 Å². The average Bonchev–Trinajstić information content (AvgIpc) is 3.00. The first-order valence-corrected chi connectivity index (χ1v) is 17.0. The molecule has 0 aromatic heterocycles. The van der Waals surface area contributed by atoms with E-state index in [1.807, 2.05) is 0 Å². The summed E-state index contributed by atoms with van der Waals surface area (Å²) in [5.74, 6) is -0.362. The van der Waals surface area contributed by atoms with Crippen LogP contribution in [-0.4, -0.2) is 6.11 Å². The summed E-state index contributed by atoms with van der Waals surface area (Å²) in [4.78, 5) is 0. The van der Waals surface area contributed by atoms with Gasteiger partial charge in [0.25, 0.3) is 0 Å². The van der Waals surface area contributed by atoms with Gasteiger partial charge in [-0.1, -0.05) is 57.0 Å². The molecule has 3 aliphatic carbocycles. The van der Waals surface area contributed by atoms with Crippen molar-refractivity contribution in [2.75, 3.05) is 0 Å². The molecule has 0 saturated heterocycles. The van der Waals surface area contributed by atoms with E-state index in [0.29, 0.717) is 24.7 Å². The Morgan fingerprint density at radius 3 is 1.72 bits per heavy atom. The summed E-state index contributed by atoms with van der Waals surface area (Å²) in [5.41, 5.74) is -0.205.